The van der Waals surface area contributed by atoms with Crippen molar-refractivity contribution in [3.8, 4) is 6.07 Å². The minimum Gasteiger partial charge on any atom is -0.390 e. The van der Waals surface area contributed by atoms with Crippen molar-refractivity contribution in [1.29, 1.82) is 5.26 Å². The maximum Gasteiger partial charge on any atom is 0.210 e. The van der Waals surface area contributed by atoms with Gasteiger partial charge in [0.15, 0.2) is 0 Å². The Morgan fingerprint density at radius 1 is 1.29 bits per heavy atom. The summed E-state index contributed by atoms with van der Waals surface area (Å²) in [6.07, 6.45) is 7.94. The lowest BCUT2D eigenvalue weighted by molar-refractivity contribution is -0.122. The van der Waals surface area contributed by atoms with Crippen molar-refractivity contribution in [2.24, 2.45) is 11.8 Å². The number of carbonyl (C=O) groups excluding carboxylic acids is 2. The second kappa shape index (κ2) is 9.37. The smallest absolute Gasteiger partial charge is 0.210 e. The molecule has 28 heavy (non-hydrogen) atoms. The zero-order valence-corrected chi connectivity index (χ0v) is 18.0. The molecule has 0 aromatic rings. The van der Waals surface area contributed by atoms with Crippen molar-refractivity contribution in [1.82, 2.24) is 9.80 Å². The molecule has 3 atom stereocenters. The van der Waals surface area contributed by atoms with E-state index in [1.807, 2.05) is 6.92 Å². The Labute approximate surface area is 169 Å². The van der Waals surface area contributed by atoms with E-state index >= 15 is 0 Å². The van der Waals surface area contributed by atoms with Crippen molar-refractivity contribution in [2.75, 3.05) is 19.6 Å². The molecule has 6 nitrogen and oxygen atoms in total. The van der Waals surface area contributed by atoms with Crippen LogP contribution in [0.2, 0.25) is 0 Å². The Morgan fingerprint density at radius 3 is 2.32 bits per heavy atom. The molecule has 0 radical (unpaired) electrons. The number of carbonyl (C=O) groups is 2. The number of nitriles is 1. The molecule has 0 aromatic carbocycles. The molecule has 3 rings (SSSR count). The Kier molecular flexibility index (Phi) is 7.64. The number of likely N-dealkylation sites (N-methyl/N-ethyl adjacent to an activating group) is 1. The van der Waals surface area contributed by atoms with Crippen LogP contribution in [0.15, 0.2) is 0 Å². The number of rotatable bonds is 5. The first-order chi connectivity index (χ1) is 13.1. The topological polar surface area (TPSA) is 84.6 Å². The number of likely N-dealkylation sites (tertiary alicyclic amines) is 1. The Morgan fingerprint density at radius 2 is 1.89 bits per heavy atom. The molecule has 1 aliphatic heterocycles. The number of nitrogens with zero attached hydrogens (tertiary/aromatic N) is 3. The van der Waals surface area contributed by atoms with E-state index in [4.69, 9.17) is 5.26 Å². The third-order valence-electron chi connectivity index (χ3n) is 6.72. The maximum absolute atomic E-state index is 11.5. The molecule has 3 fully saturated rings. The van der Waals surface area contributed by atoms with Crippen LogP contribution in [-0.4, -0.2) is 63.9 Å². The molecule has 1 N–H and O–H groups in total. The van der Waals surface area contributed by atoms with Crippen LogP contribution in [-0.2, 0) is 9.59 Å². The molecule has 0 spiro atoms. The van der Waals surface area contributed by atoms with Gasteiger partial charge in [0, 0.05) is 12.1 Å². The summed E-state index contributed by atoms with van der Waals surface area (Å²) < 4.78 is 0. The number of ketones is 1. The van der Waals surface area contributed by atoms with E-state index < -0.39 is 5.60 Å². The zero-order chi connectivity index (χ0) is 20.9. The molecule has 3 aliphatic rings. The third kappa shape index (κ3) is 5.78. The summed E-state index contributed by atoms with van der Waals surface area (Å²) in [4.78, 5) is 25.5. The van der Waals surface area contributed by atoms with E-state index in [9.17, 15) is 14.7 Å². The van der Waals surface area contributed by atoms with Crippen LogP contribution in [0.4, 0.5) is 0 Å². The second-order valence-electron chi connectivity index (χ2n) is 9.62. The van der Waals surface area contributed by atoms with Gasteiger partial charge in [0.2, 0.25) is 6.41 Å². The minimum absolute atomic E-state index is 0.143. The number of Topliss-reactive ketones (excluding diaryl/α,β-unsaturated/α-hetero) is 1. The third-order valence-corrected chi connectivity index (χ3v) is 6.72. The number of hydrogen-bond donors (Lipinski definition) is 1. The minimum atomic E-state index is -0.466. The summed E-state index contributed by atoms with van der Waals surface area (Å²) in [7, 11) is 0. The molecule has 1 amide bonds. The van der Waals surface area contributed by atoms with E-state index in [1.54, 1.807) is 11.8 Å². The average molecular weight is 392 g/mol. The largest absolute Gasteiger partial charge is 0.390 e. The van der Waals surface area contributed by atoms with Crippen LogP contribution in [0.1, 0.15) is 72.6 Å². The van der Waals surface area contributed by atoms with E-state index in [-0.39, 0.29) is 17.4 Å². The van der Waals surface area contributed by atoms with E-state index in [0.717, 1.165) is 58.0 Å². The summed E-state index contributed by atoms with van der Waals surface area (Å²) in [6.45, 7) is 10.4. The fourth-order valence-electron chi connectivity index (χ4n) is 5.87. The molecule has 3 unspecified atom stereocenters. The molecular weight excluding hydrogens is 354 g/mol. The SMILES string of the molecule is CCN(CC(C)=O)C1(C)CC2CC(CC(C)(O)C2)C1.N#CC1CCCN1C=O. The first kappa shape index (κ1) is 22.8. The predicted octanol–water partition coefficient (Wildman–Crippen LogP) is 2.75. The fourth-order valence-corrected chi connectivity index (χ4v) is 5.87. The van der Waals surface area contributed by atoms with Gasteiger partial charge < -0.3 is 10.0 Å². The summed E-state index contributed by atoms with van der Waals surface area (Å²) in [5.41, 5.74) is -0.322. The molecule has 6 heteroatoms. The van der Waals surface area contributed by atoms with Crippen molar-refractivity contribution >= 4 is 12.2 Å². The van der Waals surface area contributed by atoms with Crippen LogP contribution < -0.4 is 0 Å². The van der Waals surface area contributed by atoms with Crippen LogP contribution in [0.25, 0.3) is 0 Å². The van der Waals surface area contributed by atoms with Crippen molar-refractivity contribution in [2.45, 2.75) is 89.8 Å². The van der Waals surface area contributed by atoms with Gasteiger partial charge in [0.1, 0.15) is 11.8 Å². The molecule has 1 saturated heterocycles. The molecule has 158 valence electrons. The van der Waals surface area contributed by atoms with E-state index in [2.05, 4.69) is 24.8 Å². The van der Waals surface area contributed by atoms with E-state index in [1.165, 1.54) is 6.42 Å². The zero-order valence-electron chi connectivity index (χ0n) is 18.0. The summed E-state index contributed by atoms with van der Waals surface area (Å²) >= 11 is 0. The van der Waals surface area contributed by atoms with Gasteiger partial charge in [-0.3, -0.25) is 14.5 Å². The van der Waals surface area contributed by atoms with Crippen LogP contribution in [0.5, 0.6) is 0 Å². The predicted molar refractivity (Wildman–Crippen MR) is 108 cm³/mol. The molecule has 2 saturated carbocycles. The van der Waals surface area contributed by atoms with Crippen LogP contribution in [0, 0.1) is 23.2 Å². The lowest BCUT2D eigenvalue weighted by atomic mass is 9.61. The van der Waals surface area contributed by atoms with Crippen molar-refractivity contribution in [3.63, 3.8) is 0 Å². The Balaban J connectivity index is 0.000000261. The fraction of sp³-hybridized carbons (Fsp3) is 0.864. The highest BCUT2D eigenvalue weighted by Gasteiger charge is 2.47. The molecule has 1 heterocycles. The highest BCUT2D eigenvalue weighted by Crippen LogP contribution is 2.49. The lowest BCUT2D eigenvalue weighted by Crippen LogP contribution is -2.55. The van der Waals surface area contributed by atoms with Gasteiger partial charge in [0.05, 0.1) is 18.2 Å². The Bertz CT molecular complexity index is 582. The second-order valence-corrected chi connectivity index (χ2v) is 9.62. The van der Waals surface area contributed by atoms with Gasteiger partial charge in [-0.05, 0) is 84.1 Å². The lowest BCUT2D eigenvalue weighted by Gasteiger charge is -2.53. The van der Waals surface area contributed by atoms with Gasteiger partial charge in [-0.15, -0.1) is 0 Å². The van der Waals surface area contributed by atoms with Gasteiger partial charge in [0.25, 0.3) is 0 Å². The standard InChI is InChI=1S/C16H29NO2.C6H8N2O/c1-5-17(11-12(2)18)15(3)7-13-6-14(8-15)10-16(4,19)9-13;7-4-6-2-1-3-8(6)5-9/h13-14,19H,5-11H2,1-4H3;5-6H,1-3H2. The number of hydrogen-bond acceptors (Lipinski definition) is 5. The van der Waals surface area contributed by atoms with Crippen molar-refractivity contribution < 1.29 is 14.7 Å². The Hall–Kier alpha value is -1.45. The van der Waals surface area contributed by atoms with Crippen molar-refractivity contribution in [3.05, 3.63) is 0 Å². The quantitative estimate of drug-likeness (QED) is 0.729. The highest BCUT2D eigenvalue weighted by molar-refractivity contribution is 5.77. The highest BCUT2D eigenvalue weighted by atomic mass is 16.3. The van der Waals surface area contributed by atoms with Crippen LogP contribution in [0.3, 0.4) is 0 Å². The summed E-state index contributed by atoms with van der Waals surface area (Å²) in [6, 6.07) is 1.91. The van der Waals surface area contributed by atoms with Gasteiger partial charge in [-0.25, -0.2) is 0 Å². The normalized spacial score (nSPS) is 37.0. The average Bonchev–Trinajstić information content (AvgIpc) is 3.05. The number of amides is 1. The molecule has 0 aromatic heterocycles. The molecule has 2 aliphatic carbocycles. The van der Waals surface area contributed by atoms with E-state index in [0.29, 0.717) is 18.4 Å². The maximum atomic E-state index is 11.5. The monoisotopic (exact) mass is 391 g/mol. The molecular formula is C22H37N3O3. The van der Waals surface area contributed by atoms with Gasteiger partial charge in [-0.1, -0.05) is 6.92 Å². The number of fused-ring (bicyclic) bond motifs is 2. The summed E-state index contributed by atoms with van der Waals surface area (Å²) in [5, 5.41) is 18.7. The first-order valence-corrected chi connectivity index (χ1v) is 10.7. The first-order valence-electron chi connectivity index (χ1n) is 10.7. The molecule has 2 bridgehead atoms. The number of aliphatic hydroxyl groups is 1. The van der Waals surface area contributed by atoms with Gasteiger partial charge in [-0.2, -0.15) is 5.26 Å². The van der Waals surface area contributed by atoms with Gasteiger partial charge >= 0.3 is 0 Å². The van der Waals surface area contributed by atoms with Crippen LogP contribution >= 0.6 is 0 Å². The summed E-state index contributed by atoms with van der Waals surface area (Å²) in [5.74, 6) is 1.49.